The van der Waals surface area contributed by atoms with Crippen LogP contribution in [0.5, 0.6) is 11.5 Å². The fourth-order valence-corrected chi connectivity index (χ4v) is 2.64. The first-order chi connectivity index (χ1) is 12.8. The van der Waals surface area contributed by atoms with Crippen LogP contribution in [0, 0.1) is 0 Å². The van der Waals surface area contributed by atoms with E-state index in [1.165, 1.54) is 0 Å². The normalized spacial score (nSPS) is 17.2. The average Bonchev–Trinajstić information content (AvgIpc) is 3.14. The van der Waals surface area contributed by atoms with Gasteiger partial charge in [-0.2, -0.15) is 0 Å². The van der Waals surface area contributed by atoms with Crippen LogP contribution in [-0.2, 0) is 9.47 Å². The number of hydrogen-bond donors (Lipinski definition) is 1. The number of nitrogens with one attached hydrogen (secondary N) is 1. The molecule has 142 valence electrons. The number of nitrogens with zero attached hydrogens (tertiary/aromatic N) is 2. The molecule has 0 saturated carbocycles. The maximum atomic E-state index is 12.5. The predicted octanol–water partition coefficient (Wildman–Crippen LogP) is 1.26. The quantitative estimate of drug-likeness (QED) is 0.605. The van der Waals surface area contributed by atoms with Gasteiger partial charge in [0.05, 0.1) is 26.4 Å². The lowest BCUT2D eigenvalue weighted by atomic mass is 10.2. The molecule has 8 nitrogen and oxygen atoms in total. The molecule has 8 heteroatoms. The maximum Gasteiger partial charge on any atom is 0.291 e. The van der Waals surface area contributed by atoms with E-state index in [1.54, 1.807) is 18.2 Å². The standard InChI is InChI=1S/C18H25N3O5/c1-2-9-24-18(19-5-6-21-7-10-23-11-8-21)20-17(22)14-3-4-15-16(12-14)26-13-25-15/h3-4,12H,2,5-11,13H2,1H3,(H,19,20,22). The number of aliphatic imine (C=N–C) groups is 1. The van der Waals surface area contributed by atoms with E-state index in [9.17, 15) is 4.79 Å². The van der Waals surface area contributed by atoms with Gasteiger partial charge >= 0.3 is 0 Å². The minimum Gasteiger partial charge on any atom is -0.465 e. The average molecular weight is 363 g/mol. The topological polar surface area (TPSA) is 81.6 Å². The molecule has 1 N–H and O–H groups in total. The highest BCUT2D eigenvalue weighted by Crippen LogP contribution is 2.32. The number of ether oxygens (including phenoxy) is 4. The summed E-state index contributed by atoms with van der Waals surface area (Å²) >= 11 is 0. The third kappa shape index (κ3) is 5.09. The first kappa shape index (κ1) is 18.5. The summed E-state index contributed by atoms with van der Waals surface area (Å²) in [5.74, 6) is 0.922. The second kappa shape index (κ2) is 9.40. The van der Waals surface area contributed by atoms with Gasteiger partial charge in [-0.05, 0) is 24.6 Å². The van der Waals surface area contributed by atoms with Gasteiger partial charge in [-0.3, -0.25) is 15.0 Å². The lowest BCUT2D eigenvalue weighted by Gasteiger charge is -2.25. The molecule has 1 fully saturated rings. The van der Waals surface area contributed by atoms with Crippen molar-refractivity contribution < 1.29 is 23.7 Å². The Morgan fingerprint density at radius 1 is 1.27 bits per heavy atom. The molecule has 2 heterocycles. The number of fused-ring (bicyclic) bond motifs is 1. The van der Waals surface area contributed by atoms with Gasteiger partial charge in [0.15, 0.2) is 11.5 Å². The molecule has 1 saturated heterocycles. The Kier molecular flexibility index (Phi) is 6.68. The summed E-state index contributed by atoms with van der Waals surface area (Å²) in [4.78, 5) is 19.2. The van der Waals surface area contributed by atoms with Crippen LogP contribution in [0.25, 0.3) is 0 Å². The van der Waals surface area contributed by atoms with E-state index in [4.69, 9.17) is 18.9 Å². The number of morpholine rings is 1. The van der Waals surface area contributed by atoms with E-state index in [0.717, 1.165) is 39.3 Å². The van der Waals surface area contributed by atoms with Crippen LogP contribution in [0.1, 0.15) is 23.7 Å². The Morgan fingerprint density at radius 2 is 2.08 bits per heavy atom. The highest BCUT2D eigenvalue weighted by Gasteiger charge is 2.17. The van der Waals surface area contributed by atoms with Crippen molar-refractivity contribution in [1.82, 2.24) is 10.2 Å². The number of amidine groups is 1. The molecule has 2 aliphatic heterocycles. The van der Waals surface area contributed by atoms with E-state index < -0.39 is 0 Å². The maximum absolute atomic E-state index is 12.5. The minimum atomic E-state index is -0.287. The molecule has 0 atom stereocenters. The summed E-state index contributed by atoms with van der Waals surface area (Å²) in [6.45, 7) is 7.36. The Balaban J connectivity index is 1.57. The molecule has 0 aromatic heterocycles. The molecule has 3 rings (SSSR count). The van der Waals surface area contributed by atoms with E-state index in [2.05, 4.69) is 15.2 Å². The number of amides is 1. The molecule has 26 heavy (non-hydrogen) atoms. The molecule has 1 aromatic carbocycles. The zero-order valence-corrected chi connectivity index (χ0v) is 15.0. The first-order valence-corrected chi connectivity index (χ1v) is 8.94. The van der Waals surface area contributed by atoms with Crippen LogP contribution in [0.15, 0.2) is 23.2 Å². The van der Waals surface area contributed by atoms with Gasteiger partial charge in [-0.25, -0.2) is 4.99 Å². The van der Waals surface area contributed by atoms with Gasteiger partial charge in [0, 0.05) is 25.2 Å². The molecule has 1 aromatic rings. The van der Waals surface area contributed by atoms with Gasteiger partial charge in [0.2, 0.25) is 6.79 Å². The van der Waals surface area contributed by atoms with E-state index in [1.807, 2.05) is 6.92 Å². The van der Waals surface area contributed by atoms with Gasteiger partial charge in [-0.15, -0.1) is 0 Å². The molecule has 0 unspecified atom stereocenters. The van der Waals surface area contributed by atoms with Gasteiger partial charge < -0.3 is 18.9 Å². The number of carbonyl (C=O) groups is 1. The smallest absolute Gasteiger partial charge is 0.291 e. The zero-order valence-electron chi connectivity index (χ0n) is 15.0. The van der Waals surface area contributed by atoms with Crippen molar-refractivity contribution in [2.75, 3.05) is 52.8 Å². The van der Waals surface area contributed by atoms with Crippen molar-refractivity contribution in [3.05, 3.63) is 23.8 Å². The third-order valence-corrected chi connectivity index (χ3v) is 4.07. The first-order valence-electron chi connectivity index (χ1n) is 8.94. The van der Waals surface area contributed by atoms with Crippen molar-refractivity contribution in [2.45, 2.75) is 13.3 Å². The Bertz CT molecular complexity index is 644. The Morgan fingerprint density at radius 3 is 2.88 bits per heavy atom. The highest BCUT2D eigenvalue weighted by atomic mass is 16.7. The summed E-state index contributed by atoms with van der Waals surface area (Å²) in [7, 11) is 0. The molecule has 1 amide bonds. The van der Waals surface area contributed by atoms with Crippen molar-refractivity contribution in [2.24, 2.45) is 4.99 Å². The predicted molar refractivity (Wildman–Crippen MR) is 95.8 cm³/mol. The van der Waals surface area contributed by atoms with Crippen molar-refractivity contribution in [3.63, 3.8) is 0 Å². The van der Waals surface area contributed by atoms with E-state index >= 15 is 0 Å². The van der Waals surface area contributed by atoms with Crippen molar-refractivity contribution >= 4 is 11.9 Å². The monoisotopic (exact) mass is 363 g/mol. The lowest BCUT2D eigenvalue weighted by molar-refractivity contribution is 0.0394. The van der Waals surface area contributed by atoms with Crippen LogP contribution < -0.4 is 14.8 Å². The Hall–Kier alpha value is -2.32. The van der Waals surface area contributed by atoms with Gasteiger partial charge in [0.25, 0.3) is 11.9 Å². The van der Waals surface area contributed by atoms with Crippen molar-refractivity contribution in [3.8, 4) is 11.5 Å². The molecule has 0 aliphatic carbocycles. The molecular formula is C18H25N3O5. The molecule has 0 spiro atoms. The number of hydrogen-bond acceptors (Lipinski definition) is 7. The summed E-state index contributed by atoms with van der Waals surface area (Å²) in [5.41, 5.74) is 0.468. The third-order valence-electron chi connectivity index (χ3n) is 4.07. The SMILES string of the molecule is CCCOC(=NCCN1CCOCC1)NC(=O)c1ccc2c(c1)OCO2. The largest absolute Gasteiger partial charge is 0.465 e. The number of rotatable bonds is 6. The fraction of sp³-hybridized carbons (Fsp3) is 0.556. The van der Waals surface area contributed by atoms with E-state index in [-0.39, 0.29) is 18.7 Å². The van der Waals surface area contributed by atoms with Gasteiger partial charge in [-0.1, -0.05) is 6.92 Å². The van der Waals surface area contributed by atoms with Crippen molar-refractivity contribution in [1.29, 1.82) is 0 Å². The number of benzene rings is 1. The Labute approximate surface area is 153 Å². The molecular weight excluding hydrogens is 338 g/mol. The highest BCUT2D eigenvalue weighted by molar-refractivity contribution is 6.04. The van der Waals surface area contributed by atoms with E-state index in [0.29, 0.717) is 30.2 Å². The molecule has 0 bridgehead atoms. The van der Waals surface area contributed by atoms with Crippen LogP contribution in [0.2, 0.25) is 0 Å². The summed E-state index contributed by atoms with van der Waals surface area (Å²) in [5, 5.41) is 2.75. The molecule has 0 radical (unpaired) electrons. The minimum absolute atomic E-state index is 0.175. The van der Waals surface area contributed by atoms with Crippen LogP contribution in [0.4, 0.5) is 0 Å². The number of carbonyl (C=O) groups excluding carboxylic acids is 1. The lowest BCUT2D eigenvalue weighted by Crippen LogP contribution is -2.38. The second-order valence-corrected chi connectivity index (χ2v) is 6.01. The van der Waals surface area contributed by atoms with Crippen LogP contribution >= 0.6 is 0 Å². The second-order valence-electron chi connectivity index (χ2n) is 6.01. The summed E-state index contributed by atoms with van der Waals surface area (Å²) in [6, 6.07) is 5.32. The zero-order chi connectivity index (χ0) is 18.2. The summed E-state index contributed by atoms with van der Waals surface area (Å²) in [6.07, 6.45) is 0.836. The van der Waals surface area contributed by atoms with Crippen LogP contribution in [0.3, 0.4) is 0 Å². The van der Waals surface area contributed by atoms with Gasteiger partial charge in [0.1, 0.15) is 0 Å². The molecule has 2 aliphatic rings. The fourth-order valence-electron chi connectivity index (χ4n) is 2.64. The van der Waals surface area contributed by atoms with Crippen LogP contribution in [-0.4, -0.2) is 69.6 Å². The summed E-state index contributed by atoms with van der Waals surface area (Å²) < 4.78 is 21.5.